The Kier molecular flexibility index (Phi) is 1.67. The lowest BCUT2D eigenvalue weighted by Crippen LogP contribution is -2.14. The Balaban J connectivity index is 2.44. The molecule has 1 aromatic rings. The summed E-state index contributed by atoms with van der Waals surface area (Å²) in [6, 6.07) is 0. The van der Waals surface area contributed by atoms with Crippen LogP contribution in [0.15, 0.2) is 0 Å². The molecule has 0 aromatic carbocycles. The molecule has 4 nitrogen and oxygen atoms in total. The smallest absolute Gasteiger partial charge is 0.239 e. The van der Waals surface area contributed by atoms with E-state index in [2.05, 4.69) is 5.10 Å². The molecular weight excluding hydrogens is 156 g/mol. The van der Waals surface area contributed by atoms with Gasteiger partial charge < -0.3 is 9.47 Å². The molecule has 66 valence electrons. The Bertz CT molecular complexity index is 293. The van der Waals surface area contributed by atoms with Gasteiger partial charge in [0.05, 0.1) is 19.3 Å². The Morgan fingerprint density at radius 3 is 3.08 bits per heavy atom. The first-order valence-corrected chi connectivity index (χ1v) is 4.07. The molecule has 0 unspecified atom stereocenters. The summed E-state index contributed by atoms with van der Waals surface area (Å²) in [7, 11) is 1.63. The summed E-state index contributed by atoms with van der Waals surface area (Å²) in [6.45, 7) is 3.68. The van der Waals surface area contributed by atoms with Gasteiger partial charge in [-0.05, 0) is 6.92 Å². The third-order valence-electron chi connectivity index (χ3n) is 2.03. The minimum absolute atomic E-state index is 0.673. The van der Waals surface area contributed by atoms with E-state index in [0.29, 0.717) is 5.88 Å². The third kappa shape index (κ3) is 0.948. The zero-order chi connectivity index (χ0) is 8.55. The van der Waals surface area contributed by atoms with Crippen LogP contribution in [0.4, 0.5) is 0 Å². The van der Waals surface area contributed by atoms with Crippen molar-refractivity contribution in [3.63, 3.8) is 0 Å². The molecular formula is C8H12N2O2. The van der Waals surface area contributed by atoms with Gasteiger partial charge in [0.2, 0.25) is 11.8 Å². The summed E-state index contributed by atoms with van der Waals surface area (Å²) in [4.78, 5) is 0. The van der Waals surface area contributed by atoms with Gasteiger partial charge in [-0.1, -0.05) is 0 Å². The van der Waals surface area contributed by atoms with Crippen LogP contribution in [-0.4, -0.2) is 23.5 Å². The second kappa shape index (κ2) is 2.69. The van der Waals surface area contributed by atoms with E-state index >= 15 is 0 Å². The number of fused-ring (bicyclic) bond motifs is 1. The molecule has 1 aliphatic heterocycles. The molecule has 2 heterocycles. The molecule has 2 rings (SSSR count). The fourth-order valence-corrected chi connectivity index (χ4v) is 1.43. The van der Waals surface area contributed by atoms with Gasteiger partial charge in [-0.3, -0.25) is 0 Å². The zero-order valence-corrected chi connectivity index (χ0v) is 7.33. The highest BCUT2D eigenvalue weighted by Gasteiger charge is 2.18. The summed E-state index contributed by atoms with van der Waals surface area (Å²) < 4.78 is 12.4. The van der Waals surface area contributed by atoms with Gasteiger partial charge in [0, 0.05) is 13.0 Å². The average Bonchev–Trinajstić information content (AvgIpc) is 2.44. The monoisotopic (exact) mass is 168 g/mol. The second-order valence-corrected chi connectivity index (χ2v) is 2.86. The van der Waals surface area contributed by atoms with E-state index in [-0.39, 0.29) is 0 Å². The summed E-state index contributed by atoms with van der Waals surface area (Å²) in [5.41, 5.74) is 0.997. The van der Waals surface area contributed by atoms with Crippen LogP contribution in [0, 0.1) is 6.92 Å². The molecule has 12 heavy (non-hydrogen) atoms. The number of hydrogen-bond donors (Lipinski definition) is 0. The van der Waals surface area contributed by atoms with Crippen LogP contribution in [0.3, 0.4) is 0 Å². The van der Waals surface area contributed by atoms with E-state index < -0.39 is 0 Å². The maximum atomic E-state index is 5.46. The molecule has 1 aliphatic rings. The number of hydrogen-bond acceptors (Lipinski definition) is 3. The summed E-state index contributed by atoms with van der Waals surface area (Å²) in [6.07, 6.45) is 1.03. The van der Waals surface area contributed by atoms with E-state index in [1.807, 2.05) is 11.6 Å². The standard InChI is InChI=1S/C8H12N2O2/c1-6-7(11-2)9-10-4-3-5-12-8(6)10/h3-5H2,1-2H3. The molecule has 0 amide bonds. The molecule has 0 spiro atoms. The Morgan fingerprint density at radius 2 is 2.42 bits per heavy atom. The van der Waals surface area contributed by atoms with Gasteiger partial charge >= 0.3 is 0 Å². The SMILES string of the molecule is COc1nn2c(c1C)OCCC2. The van der Waals surface area contributed by atoms with E-state index in [1.165, 1.54) is 0 Å². The minimum Gasteiger partial charge on any atom is -0.480 e. The maximum absolute atomic E-state index is 5.46. The van der Waals surface area contributed by atoms with E-state index in [9.17, 15) is 0 Å². The predicted octanol–water partition coefficient (Wildman–Crippen LogP) is 0.983. The number of methoxy groups -OCH3 is 1. The quantitative estimate of drug-likeness (QED) is 0.627. The average molecular weight is 168 g/mol. The van der Waals surface area contributed by atoms with Crippen molar-refractivity contribution in [3.05, 3.63) is 5.56 Å². The highest BCUT2D eigenvalue weighted by atomic mass is 16.5. The number of aromatic nitrogens is 2. The van der Waals surface area contributed by atoms with Crippen molar-refractivity contribution >= 4 is 0 Å². The van der Waals surface area contributed by atoms with Crippen LogP contribution in [0.25, 0.3) is 0 Å². The maximum Gasteiger partial charge on any atom is 0.239 e. The van der Waals surface area contributed by atoms with Gasteiger partial charge in [-0.2, -0.15) is 0 Å². The van der Waals surface area contributed by atoms with Gasteiger partial charge in [0.25, 0.3) is 0 Å². The topological polar surface area (TPSA) is 36.3 Å². The second-order valence-electron chi connectivity index (χ2n) is 2.86. The first-order chi connectivity index (χ1) is 5.83. The van der Waals surface area contributed by atoms with Crippen molar-refractivity contribution in [2.75, 3.05) is 13.7 Å². The third-order valence-corrected chi connectivity index (χ3v) is 2.03. The molecule has 0 N–H and O–H groups in total. The predicted molar refractivity (Wildman–Crippen MR) is 43.6 cm³/mol. The highest BCUT2D eigenvalue weighted by Crippen LogP contribution is 2.29. The summed E-state index contributed by atoms with van der Waals surface area (Å²) >= 11 is 0. The molecule has 0 saturated carbocycles. The van der Waals surface area contributed by atoms with E-state index in [1.54, 1.807) is 7.11 Å². The number of aryl methyl sites for hydroxylation is 1. The van der Waals surface area contributed by atoms with E-state index in [0.717, 1.165) is 31.0 Å². The first kappa shape index (κ1) is 7.46. The number of rotatable bonds is 1. The summed E-state index contributed by atoms with van der Waals surface area (Å²) in [5, 5.41) is 4.24. The van der Waals surface area contributed by atoms with E-state index in [4.69, 9.17) is 9.47 Å². The van der Waals surface area contributed by atoms with Crippen LogP contribution >= 0.6 is 0 Å². The minimum atomic E-state index is 0.673. The van der Waals surface area contributed by atoms with Crippen molar-refractivity contribution in [3.8, 4) is 11.8 Å². The lowest BCUT2D eigenvalue weighted by Gasteiger charge is -2.14. The molecule has 0 atom stereocenters. The molecule has 4 heteroatoms. The largest absolute Gasteiger partial charge is 0.480 e. The lowest BCUT2D eigenvalue weighted by atomic mass is 10.3. The van der Waals surface area contributed by atoms with Crippen molar-refractivity contribution in [1.29, 1.82) is 0 Å². The van der Waals surface area contributed by atoms with Crippen LogP contribution in [0.5, 0.6) is 11.8 Å². The van der Waals surface area contributed by atoms with Gasteiger partial charge in [-0.25, -0.2) is 4.68 Å². The Morgan fingerprint density at radius 1 is 1.58 bits per heavy atom. The van der Waals surface area contributed by atoms with Gasteiger partial charge in [-0.15, -0.1) is 5.10 Å². The Hall–Kier alpha value is -1.19. The van der Waals surface area contributed by atoms with Crippen molar-refractivity contribution in [1.82, 2.24) is 9.78 Å². The first-order valence-electron chi connectivity index (χ1n) is 4.07. The van der Waals surface area contributed by atoms with Crippen molar-refractivity contribution in [2.24, 2.45) is 0 Å². The van der Waals surface area contributed by atoms with Crippen LogP contribution in [-0.2, 0) is 6.54 Å². The fourth-order valence-electron chi connectivity index (χ4n) is 1.43. The van der Waals surface area contributed by atoms with Crippen LogP contribution in [0.1, 0.15) is 12.0 Å². The zero-order valence-electron chi connectivity index (χ0n) is 7.33. The molecule has 0 fully saturated rings. The van der Waals surface area contributed by atoms with Crippen LogP contribution in [0.2, 0.25) is 0 Å². The van der Waals surface area contributed by atoms with Crippen molar-refractivity contribution in [2.45, 2.75) is 19.9 Å². The van der Waals surface area contributed by atoms with Gasteiger partial charge in [0.1, 0.15) is 0 Å². The molecule has 0 bridgehead atoms. The molecule has 1 aromatic heterocycles. The normalized spacial score (nSPS) is 15.2. The summed E-state index contributed by atoms with van der Waals surface area (Å²) in [5.74, 6) is 1.53. The Labute approximate surface area is 71.1 Å². The lowest BCUT2D eigenvalue weighted by molar-refractivity contribution is 0.228. The molecule has 0 saturated heterocycles. The molecule has 0 aliphatic carbocycles. The number of nitrogens with zero attached hydrogens (tertiary/aromatic N) is 2. The number of ether oxygens (including phenoxy) is 2. The molecule has 0 radical (unpaired) electrons. The van der Waals surface area contributed by atoms with Gasteiger partial charge in [0.15, 0.2) is 0 Å². The highest BCUT2D eigenvalue weighted by molar-refractivity contribution is 5.35. The van der Waals surface area contributed by atoms with Crippen molar-refractivity contribution < 1.29 is 9.47 Å². The van der Waals surface area contributed by atoms with Crippen LogP contribution < -0.4 is 9.47 Å². The fraction of sp³-hybridized carbons (Fsp3) is 0.625.